The maximum absolute atomic E-state index is 13.7. The second-order valence-electron chi connectivity index (χ2n) is 19.0. The standard InChI is InChI=1S/C44H64ClN5O3S.CH4O.CH2O/c1-30-8-6-9-34(24-47-18-19-48-20-21-50(43(3,4)5)27-37(48)26-47)38-14-11-35(38)25-49-28-44(17-7-10-32-22-36(45)13-15-39(32)44)29-53-41-16-12-33(23-40(41)49)42(51)46-54(52)31(30)2;2*1-2/h12-13,15-16,22-23,30-31,34-35,37-38H,6-11,14,17-21,24-29H2,1-5H3,(H,46,51);2H,1H3;1H2/t30?,31?,34-,35?,37?,38?,44-,54?;;/m0../s1. The summed E-state index contributed by atoms with van der Waals surface area (Å²) in [6.45, 7) is 24.0. The molecule has 322 valence electrons. The number of aliphatic hydroxyl groups excluding tert-OH is 1. The lowest BCUT2D eigenvalue weighted by Crippen LogP contribution is -2.65. The van der Waals surface area contributed by atoms with E-state index in [-0.39, 0.29) is 28.0 Å². The first-order chi connectivity index (χ1) is 27.9. The quantitative estimate of drug-likeness (QED) is 0.347. The van der Waals surface area contributed by atoms with E-state index >= 15 is 0 Å². The highest BCUT2D eigenvalue weighted by Crippen LogP contribution is 2.48. The Morgan fingerprint density at radius 1 is 0.966 bits per heavy atom. The Bertz CT molecular complexity index is 1740. The first kappa shape index (κ1) is 45.0. The molecule has 58 heavy (non-hydrogen) atoms. The highest BCUT2D eigenvalue weighted by molar-refractivity contribution is 7.84. The number of halogens is 1. The predicted octanol–water partition coefficient (Wildman–Crippen LogP) is 6.58. The Morgan fingerprint density at radius 3 is 2.48 bits per heavy atom. The largest absolute Gasteiger partial charge is 0.490 e. The molecule has 1 spiro atoms. The van der Waals surface area contributed by atoms with Crippen molar-refractivity contribution in [2.24, 2.45) is 23.7 Å². The number of rotatable bonds is 2. The molecule has 2 saturated heterocycles. The first-order valence-corrected chi connectivity index (χ1v) is 23.4. The van der Waals surface area contributed by atoms with Crippen molar-refractivity contribution in [3.63, 3.8) is 0 Å². The number of nitrogens with zero attached hydrogens (tertiary/aromatic N) is 4. The van der Waals surface area contributed by atoms with Crippen LogP contribution in [0.3, 0.4) is 0 Å². The molecule has 1 amide bonds. The van der Waals surface area contributed by atoms with Crippen LogP contribution in [0.25, 0.3) is 0 Å². The zero-order valence-corrected chi connectivity index (χ0v) is 37.6. The number of carbonyl (C=O) groups excluding carboxylic acids is 2. The minimum atomic E-state index is -1.47. The second-order valence-corrected chi connectivity index (χ2v) is 20.9. The van der Waals surface area contributed by atoms with E-state index in [0.717, 1.165) is 88.4 Å². The third kappa shape index (κ3) is 9.81. The van der Waals surface area contributed by atoms with Gasteiger partial charge in [0.25, 0.3) is 5.91 Å². The average Bonchev–Trinajstić information content (AvgIpc) is 3.36. The Balaban J connectivity index is 0.00000138. The number of hydrogen-bond donors (Lipinski definition) is 2. The van der Waals surface area contributed by atoms with Crippen LogP contribution in [0.1, 0.15) is 101 Å². The molecule has 2 aromatic carbocycles. The summed E-state index contributed by atoms with van der Waals surface area (Å²) in [6, 6.07) is 12.9. The molecule has 6 unspecified atom stereocenters. The van der Waals surface area contributed by atoms with Crippen LogP contribution in [0.4, 0.5) is 5.69 Å². The van der Waals surface area contributed by atoms with Crippen LogP contribution in [0.5, 0.6) is 5.75 Å². The molecule has 3 fully saturated rings. The number of benzene rings is 2. The van der Waals surface area contributed by atoms with Gasteiger partial charge in [-0.25, -0.2) is 4.21 Å². The summed E-state index contributed by atoms with van der Waals surface area (Å²) in [6.07, 6.45) is 9.11. The zero-order chi connectivity index (χ0) is 41.8. The van der Waals surface area contributed by atoms with Crippen LogP contribution >= 0.6 is 11.6 Å². The van der Waals surface area contributed by atoms with E-state index in [1.54, 1.807) is 0 Å². The number of hydrogen-bond acceptors (Lipinski definition) is 9. The van der Waals surface area contributed by atoms with E-state index in [4.69, 9.17) is 26.2 Å². The van der Waals surface area contributed by atoms with Crippen molar-refractivity contribution in [3.8, 4) is 5.75 Å². The summed E-state index contributed by atoms with van der Waals surface area (Å²) in [5.74, 6) is 2.72. The Hall–Kier alpha value is -2.54. The minimum absolute atomic E-state index is 0.123. The number of nitrogens with one attached hydrogen (secondary N) is 1. The molecule has 4 heterocycles. The number of carbonyl (C=O) groups is 2. The lowest BCUT2D eigenvalue weighted by molar-refractivity contribution is -0.0980. The zero-order valence-electron chi connectivity index (χ0n) is 36.0. The van der Waals surface area contributed by atoms with Crippen molar-refractivity contribution in [3.05, 3.63) is 58.1 Å². The molecule has 6 aliphatic rings. The molecule has 0 aromatic heterocycles. The van der Waals surface area contributed by atoms with Gasteiger partial charge in [0.1, 0.15) is 23.5 Å². The van der Waals surface area contributed by atoms with Gasteiger partial charge < -0.3 is 24.4 Å². The summed E-state index contributed by atoms with van der Waals surface area (Å²) in [5, 5.41) is 7.67. The molecule has 2 bridgehead atoms. The third-order valence-electron chi connectivity index (χ3n) is 14.6. The molecule has 2 aromatic rings. The third-order valence-corrected chi connectivity index (χ3v) is 16.4. The summed E-state index contributed by atoms with van der Waals surface area (Å²) in [5.41, 5.74) is 4.30. The molecule has 0 radical (unpaired) electrons. The number of aryl methyl sites for hydroxylation is 1. The van der Waals surface area contributed by atoms with Crippen molar-refractivity contribution >= 4 is 41.0 Å². The predicted molar refractivity (Wildman–Crippen MR) is 236 cm³/mol. The topological polar surface area (TPSA) is 106 Å². The Morgan fingerprint density at radius 2 is 1.74 bits per heavy atom. The van der Waals surface area contributed by atoms with Crippen LogP contribution in [0, 0.1) is 23.7 Å². The summed E-state index contributed by atoms with van der Waals surface area (Å²) in [4.78, 5) is 32.5. The van der Waals surface area contributed by atoms with E-state index in [9.17, 15) is 9.00 Å². The van der Waals surface area contributed by atoms with Crippen molar-refractivity contribution in [1.82, 2.24) is 19.4 Å². The van der Waals surface area contributed by atoms with Gasteiger partial charge in [-0.05, 0) is 138 Å². The maximum Gasteiger partial charge on any atom is 0.263 e. The van der Waals surface area contributed by atoms with Gasteiger partial charge in [0, 0.05) is 93.6 Å². The maximum atomic E-state index is 13.7. The van der Waals surface area contributed by atoms with Gasteiger partial charge in [0.05, 0.1) is 17.5 Å². The lowest BCUT2D eigenvalue weighted by atomic mass is 9.65. The highest BCUT2D eigenvalue weighted by atomic mass is 35.5. The summed E-state index contributed by atoms with van der Waals surface area (Å²) < 4.78 is 23.2. The SMILES string of the molecule is C=O.CC1CCC[C@@H](CN2CCN3CCN(C(C)(C)C)CC3C2)C2CCC2CN2C[C@@]3(CCCc4cc(Cl)ccc43)COc3ccc(cc32)C(=O)NS(=O)C1C.CO. The Labute approximate surface area is 356 Å². The normalized spacial score (nSPS) is 32.2. The number of fused-ring (bicyclic) bond motifs is 5. The van der Waals surface area contributed by atoms with E-state index in [1.165, 1.54) is 56.6 Å². The summed E-state index contributed by atoms with van der Waals surface area (Å²) >= 11 is 6.54. The van der Waals surface area contributed by atoms with Gasteiger partial charge in [-0.2, -0.15) is 0 Å². The second kappa shape index (κ2) is 19.4. The number of aliphatic hydroxyl groups is 1. The molecular formula is C46H70ClN5O5S. The van der Waals surface area contributed by atoms with Crippen LogP contribution in [-0.2, 0) is 27.6 Å². The molecule has 10 nitrogen and oxygen atoms in total. The Kier molecular flexibility index (Phi) is 15.1. The van der Waals surface area contributed by atoms with Gasteiger partial charge in [0.15, 0.2) is 0 Å². The van der Waals surface area contributed by atoms with Gasteiger partial charge in [-0.15, -0.1) is 0 Å². The average molecular weight is 841 g/mol. The van der Waals surface area contributed by atoms with Crippen LogP contribution in [0.2, 0.25) is 5.02 Å². The van der Waals surface area contributed by atoms with Crippen molar-refractivity contribution in [1.29, 1.82) is 0 Å². The van der Waals surface area contributed by atoms with E-state index in [0.29, 0.717) is 36.0 Å². The fourth-order valence-corrected chi connectivity index (χ4v) is 12.2. The van der Waals surface area contributed by atoms with Crippen molar-refractivity contribution < 1.29 is 23.6 Å². The molecule has 1 saturated carbocycles. The fraction of sp³-hybridized carbons (Fsp3) is 0.696. The molecule has 8 atom stereocenters. The fourth-order valence-electron chi connectivity index (χ4n) is 10.9. The monoisotopic (exact) mass is 839 g/mol. The molecule has 12 heteroatoms. The van der Waals surface area contributed by atoms with E-state index < -0.39 is 11.0 Å². The number of ether oxygens (including phenoxy) is 1. The number of anilines is 1. The number of piperazine rings is 2. The van der Waals surface area contributed by atoms with Gasteiger partial charge in [0.2, 0.25) is 0 Å². The lowest BCUT2D eigenvalue weighted by Gasteiger charge is -2.52. The van der Waals surface area contributed by atoms with Crippen molar-refractivity contribution in [2.75, 3.05) is 77.5 Å². The highest BCUT2D eigenvalue weighted by Gasteiger charge is 2.45. The molecule has 2 N–H and O–H groups in total. The van der Waals surface area contributed by atoms with Gasteiger partial charge >= 0.3 is 0 Å². The van der Waals surface area contributed by atoms with Crippen LogP contribution in [0.15, 0.2) is 36.4 Å². The number of amides is 1. The molecular weight excluding hydrogens is 770 g/mol. The first-order valence-electron chi connectivity index (χ1n) is 21.8. The van der Waals surface area contributed by atoms with Crippen molar-refractivity contribution in [2.45, 2.75) is 108 Å². The minimum Gasteiger partial charge on any atom is -0.490 e. The molecule has 2 aliphatic carbocycles. The molecule has 8 rings (SSSR count). The van der Waals surface area contributed by atoms with Gasteiger partial charge in [-0.1, -0.05) is 31.0 Å². The van der Waals surface area contributed by atoms with Gasteiger partial charge in [-0.3, -0.25) is 19.3 Å². The van der Waals surface area contributed by atoms with E-state index in [1.807, 2.05) is 38.0 Å². The van der Waals surface area contributed by atoms with E-state index in [2.05, 4.69) is 64.1 Å². The smallest absolute Gasteiger partial charge is 0.263 e. The van der Waals surface area contributed by atoms with Crippen LogP contribution in [-0.4, -0.2) is 126 Å². The van der Waals surface area contributed by atoms with Crippen LogP contribution < -0.4 is 14.4 Å². The molecule has 4 aliphatic heterocycles. The summed E-state index contributed by atoms with van der Waals surface area (Å²) in [7, 11) is -0.470.